The van der Waals surface area contributed by atoms with E-state index in [1.807, 2.05) is 12.3 Å². The molecule has 0 unspecified atom stereocenters. The lowest BCUT2D eigenvalue weighted by molar-refractivity contribution is 0.878. The van der Waals surface area contributed by atoms with Crippen molar-refractivity contribution in [2.45, 2.75) is 6.92 Å². The van der Waals surface area contributed by atoms with Crippen molar-refractivity contribution in [3.05, 3.63) is 11.6 Å². The maximum absolute atomic E-state index is 5.68. The lowest BCUT2D eigenvalue weighted by Gasteiger charge is -1.94. The predicted octanol–water partition coefficient (Wildman–Crippen LogP) is 0.738. The fourth-order valence-corrected chi connectivity index (χ4v) is 1.62. The van der Waals surface area contributed by atoms with E-state index in [1.165, 1.54) is 16.0 Å². The minimum absolute atomic E-state index is 0.343. The molecule has 0 aliphatic rings. The minimum Gasteiger partial charge on any atom is -0.368 e. The molecule has 0 saturated heterocycles. The van der Waals surface area contributed by atoms with Crippen LogP contribution in [0.25, 0.3) is 5.13 Å². The van der Waals surface area contributed by atoms with Gasteiger partial charge in [-0.1, -0.05) is 0 Å². The SMILES string of the molecule is CCNc1nc(N)n(-c2nccs2)n1. The second-order valence-corrected chi connectivity index (χ2v) is 3.42. The van der Waals surface area contributed by atoms with Gasteiger partial charge in [-0.3, -0.25) is 0 Å². The molecule has 14 heavy (non-hydrogen) atoms. The van der Waals surface area contributed by atoms with Crippen LogP contribution in [0.15, 0.2) is 11.6 Å². The van der Waals surface area contributed by atoms with Crippen molar-refractivity contribution in [3.63, 3.8) is 0 Å². The van der Waals surface area contributed by atoms with Gasteiger partial charge < -0.3 is 11.1 Å². The topological polar surface area (TPSA) is 81.6 Å². The van der Waals surface area contributed by atoms with Crippen LogP contribution >= 0.6 is 11.3 Å². The highest BCUT2D eigenvalue weighted by molar-refractivity contribution is 7.12. The molecule has 0 radical (unpaired) electrons. The lowest BCUT2D eigenvalue weighted by Crippen LogP contribution is -2.02. The zero-order valence-corrected chi connectivity index (χ0v) is 8.45. The van der Waals surface area contributed by atoms with Crippen LogP contribution in [0.4, 0.5) is 11.9 Å². The summed E-state index contributed by atoms with van der Waals surface area (Å²) in [6.07, 6.45) is 1.70. The summed E-state index contributed by atoms with van der Waals surface area (Å²) in [5.74, 6) is 0.871. The van der Waals surface area contributed by atoms with Crippen molar-refractivity contribution in [3.8, 4) is 5.13 Å². The summed E-state index contributed by atoms with van der Waals surface area (Å²) >= 11 is 1.46. The van der Waals surface area contributed by atoms with E-state index >= 15 is 0 Å². The summed E-state index contributed by atoms with van der Waals surface area (Å²) in [4.78, 5) is 8.13. The van der Waals surface area contributed by atoms with Crippen LogP contribution in [0.1, 0.15) is 6.92 Å². The summed E-state index contributed by atoms with van der Waals surface area (Å²) in [5.41, 5.74) is 5.68. The third-order valence-electron chi connectivity index (χ3n) is 1.57. The zero-order valence-electron chi connectivity index (χ0n) is 7.64. The first-order chi connectivity index (χ1) is 6.81. The first-order valence-electron chi connectivity index (χ1n) is 4.17. The molecule has 0 aliphatic carbocycles. The largest absolute Gasteiger partial charge is 0.368 e. The van der Waals surface area contributed by atoms with Crippen molar-refractivity contribution < 1.29 is 0 Å². The highest BCUT2D eigenvalue weighted by Crippen LogP contribution is 2.15. The van der Waals surface area contributed by atoms with E-state index in [0.29, 0.717) is 11.9 Å². The van der Waals surface area contributed by atoms with Crippen LogP contribution in [0.5, 0.6) is 0 Å². The molecule has 0 aliphatic heterocycles. The first-order valence-corrected chi connectivity index (χ1v) is 5.05. The Balaban J connectivity index is 2.35. The van der Waals surface area contributed by atoms with Crippen molar-refractivity contribution in [1.82, 2.24) is 19.7 Å². The number of aromatic nitrogens is 4. The average molecular weight is 210 g/mol. The van der Waals surface area contributed by atoms with Crippen LogP contribution in [-0.2, 0) is 0 Å². The van der Waals surface area contributed by atoms with E-state index in [0.717, 1.165) is 11.7 Å². The van der Waals surface area contributed by atoms with Crippen molar-refractivity contribution in [2.75, 3.05) is 17.6 Å². The molecule has 0 aromatic carbocycles. The lowest BCUT2D eigenvalue weighted by atomic mass is 10.7. The van der Waals surface area contributed by atoms with Crippen molar-refractivity contribution in [2.24, 2.45) is 0 Å². The van der Waals surface area contributed by atoms with Gasteiger partial charge in [0.05, 0.1) is 0 Å². The molecule has 0 bridgehead atoms. The number of thiazole rings is 1. The second-order valence-electron chi connectivity index (χ2n) is 2.55. The molecule has 7 heteroatoms. The Bertz CT molecular complexity index is 406. The van der Waals surface area contributed by atoms with Gasteiger partial charge in [-0.05, 0) is 6.92 Å². The fourth-order valence-electron chi connectivity index (χ4n) is 1.02. The van der Waals surface area contributed by atoms with E-state index < -0.39 is 0 Å². The zero-order chi connectivity index (χ0) is 9.97. The molecule has 3 N–H and O–H groups in total. The second kappa shape index (κ2) is 3.62. The summed E-state index contributed by atoms with van der Waals surface area (Å²) < 4.78 is 1.52. The van der Waals surface area contributed by atoms with Gasteiger partial charge in [-0.15, -0.1) is 16.4 Å². The summed E-state index contributed by atoms with van der Waals surface area (Å²) in [7, 11) is 0. The number of nitrogen functional groups attached to an aromatic ring is 1. The van der Waals surface area contributed by atoms with E-state index in [2.05, 4.69) is 20.4 Å². The molecule has 2 heterocycles. The molecule has 0 atom stereocenters. The average Bonchev–Trinajstić information content (AvgIpc) is 2.74. The van der Waals surface area contributed by atoms with Gasteiger partial charge in [0.15, 0.2) is 0 Å². The smallest absolute Gasteiger partial charge is 0.244 e. The highest BCUT2D eigenvalue weighted by Gasteiger charge is 2.09. The maximum atomic E-state index is 5.68. The molecule has 2 aromatic rings. The van der Waals surface area contributed by atoms with Gasteiger partial charge in [-0.25, -0.2) is 4.98 Å². The summed E-state index contributed by atoms with van der Waals surface area (Å²) in [6.45, 7) is 2.74. The normalized spacial score (nSPS) is 10.4. The number of hydrogen-bond donors (Lipinski definition) is 2. The molecule has 0 saturated carbocycles. The number of nitrogens with two attached hydrogens (primary N) is 1. The molecule has 0 spiro atoms. The van der Waals surface area contributed by atoms with Gasteiger partial charge >= 0.3 is 0 Å². The van der Waals surface area contributed by atoms with Crippen LogP contribution in [0.3, 0.4) is 0 Å². The van der Waals surface area contributed by atoms with E-state index in [1.54, 1.807) is 6.20 Å². The third-order valence-corrected chi connectivity index (χ3v) is 2.31. The Morgan fingerprint density at radius 1 is 1.64 bits per heavy atom. The molecular weight excluding hydrogens is 200 g/mol. The van der Waals surface area contributed by atoms with Crippen molar-refractivity contribution in [1.29, 1.82) is 0 Å². The van der Waals surface area contributed by atoms with Gasteiger partial charge in [0.1, 0.15) is 0 Å². The van der Waals surface area contributed by atoms with Crippen LogP contribution in [0, 0.1) is 0 Å². The summed E-state index contributed by atoms with van der Waals surface area (Å²) in [6, 6.07) is 0. The molecule has 2 rings (SSSR count). The van der Waals surface area contributed by atoms with E-state index in [9.17, 15) is 0 Å². The van der Waals surface area contributed by atoms with Gasteiger partial charge in [0.2, 0.25) is 17.0 Å². The highest BCUT2D eigenvalue weighted by atomic mass is 32.1. The van der Waals surface area contributed by atoms with Crippen LogP contribution in [-0.4, -0.2) is 26.3 Å². The Morgan fingerprint density at radius 2 is 2.50 bits per heavy atom. The van der Waals surface area contributed by atoms with E-state index in [4.69, 9.17) is 5.73 Å². The molecule has 0 fully saturated rings. The maximum Gasteiger partial charge on any atom is 0.244 e. The molecule has 2 aromatic heterocycles. The minimum atomic E-state index is 0.343. The van der Waals surface area contributed by atoms with Crippen LogP contribution < -0.4 is 11.1 Å². The predicted molar refractivity (Wildman–Crippen MR) is 55.6 cm³/mol. The van der Waals surface area contributed by atoms with Crippen LogP contribution in [0.2, 0.25) is 0 Å². The van der Waals surface area contributed by atoms with E-state index in [-0.39, 0.29) is 0 Å². The standard InChI is InChI=1S/C7H10N6S/c1-2-9-6-11-5(8)13(12-6)7-10-3-4-14-7/h3-4H,2H2,1H3,(H3,8,9,11,12). The Labute approximate surface area is 84.8 Å². The molecular formula is C7H10N6S. The van der Waals surface area contributed by atoms with Crippen molar-refractivity contribution >= 4 is 23.2 Å². The molecule has 74 valence electrons. The number of hydrogen-bond acceptors (Lipinski definition) is 6. The number of nitrogens with one attached hydrogen (secondary N) is 1. The quantitative estimate of drug-likeness (QED) is 0.780. The van der Waals surface area contributed by atoms with Gasteiger partial charge in [0, 0.05) is 18.1 Å². The third kappa shape index (κ3) is 1.53. The first kappa shape index (κ1) is 8.95. The number of rotatable bonds is 3. The van der Waals surface area contributed by atoms with Gasteiger partial charge in [-0.2, -0.15) is 9.67 Å². The number of anilines is 2. The Hall–Kier alpha value is -1.63. The molecule has 0 amide bonds. The molecule has 6 nitrogen and oxygen atoms in total. The fraction of sp³-hybridized carbons (Fsp3) is 0.286. The summed E-state index contributed by atoms with van der Waals surface area (Å²) in [5, 5.41) is 9.73. The number of nitrogens with zero attached hydrogens (tertiary/aromatic N) is 4. The Morgan fingerprint density at radius 3 is 3.14 bits per heavy atom. The Kier molecular flexibility index (Phi) is 2.32. The van der Waals surface area contributed by atoms with Gasteiger partial charge in [0.25, 0.3) is 0 Å². The monoisotopic (exact) mass is 210 g/mol.